The zero-order chi connectivity index (χ0) is 17.4. The third-order valence-electron chi connectivity index (χ3n) is 4.43. The van der Waals surface area contributed by atoms with Gasteiger partial charge in [-0.2, -0.15) is 0 Å². The Bertz CT molecular complexity index is 689. The fourth-order valence-electron chi connectivity index (χ4n) is 2.99. The Kier molecular flexibility index (Phi) is 6.98. The van der Waals surface area contributed by atoms with Crippen LogP contribution in [0.3, 0.4) is 0 Å². The first-order chi connectivity index (χ1) is 11.7. The molecule has 0 atom stereocenters. The quantitative estimate of drug-likeness (QED) is 0.295. The Morgan fingerprint density at radius 1 is 0.750 bits per heavy atom. The lowest BCUT2D eigenvalue weighted by Crippen LogP contribution is -1.83. The summed E-state index contributed by atoms with van der Waals surface area (Å²) in [7, 11) is 0. The molecular weight excluding hydrogens is 300 g/mol. The molecule has 2 rings (SSSR count). The third kappa shape index (κ3) is 4.44. The van der Waals surface area contributed by atoms with Crippen LogP contribution >= 0.6 is 0 Å². The Morgan fingerprint density at radius 3 is 2.00 bits per heavy atom. The lowest BCUT2D eigenvalue weighted by Gasteiger charge is -2.10. The summed E-state index contributed by atoms with van der Waals surface area (Å²) >= 11 is 0. The second kappa shape index (κ2) is 9.21. The van der Waals surface area contributed by atoms with Gasteiger partial charge < -0.3 is 15.3 Å². The number of fused-ring (bicyclic) bond motifs is 1. The molecule has 0 aliphatic carbocycles. The van der Waals surface area contributed by atoms with E-state index in [1.807, 2.05) is 6.08 Å². The molecule has 2 aromatic carbocycles. The van der Waals surface area contributed by atoms with E-state index in [2.05, 4.69) is 6.92 Å². The van der Waals surface area contributed by atoms with Gasteiger partial charge in [0, 0.05) is 10.8 Å². The van der Waals surface area contributed by atoms with E-state index in [0.29, 0.717) is 10.8 Å². The smallest absolute Gasteiger partial charge is 0.169 e. The van der Waals surface area contributed by atoms with Crippen LogP contribution in [-0.2, 0) is 0 Å². The molecule has 0 amide bonds. The zero-order valence-corrected chi connectivity index (χ0v) is 14.5. The number of phenolic OH excluding ortho intramolecular Hbond substituents is 3. The van der Waals surface area contributed by atoms with Gasteiger partial charge in [-0.3, -0.25) is 0 Å². The molecular formula is C21H28O3. The maximum Gasteiger partial charge on any atom is 0.169 e. The minimum absolute atomic E-state index is 0.0108. The molecule has 0 spiro atoms. The SMILES string of the molecule is CCCCCCCCCC=Cc1c(O)c(O)c2ccccc2c1O. The van der Waals surface area contributed by atoms with E-state index in [0.717, 1.165) is 12.8 Å². The number of aromatic hydroxyl groups is 3. The van der Waals surface area contributed by atoms with Gasteiger partial charge in [-0.25, -0.2) is 0 Å². The summed E-state index contributed by atoms with van der Waals surface area (Å²) in [6.07, 6.45) is 13.4. The summed E-state index contributed by atoms with van der Waals surface area (Å²) in [5.74, 6) is -0.433. The summed E-state index contributed by atoms with van der Waals surface area (Å²) < 4.78 is 0. The Morgan fingerprint density at radius 2 is 1.33 bits per heavy atom. The van der Waals surface area contributed by atoms with E-state index in [1.54, 1.807) is 30.3 Å². The number of phenols is 3. The van der Waals surface area contributed by atoms with Crippen molar-refractivity contribution in [2.24, 2.45) is 0 Å². The van der Waals surface area contributed by atoms with E-state index in [4.69, 9.17) is 0 Å². The van der Waals surface area contributed by atoms with Crippen molar-refractivity contribution in [3.05, 3.63) is 35.9 Å². The second-order valence-electron chi connectivity index (χ2n) is 6.32. The Hall–Kier alpha value is -2.16. The van der Waals surface area contributed by atoms with Gasteiger partial charge in [0.2, 0.25) is 0 Å². The summed E-state index contributed by atoms with van der Waals surface area (Å²) in [5.41, 5.74) is 0.286. The molecule has 130 valence electrons. The minimum atomic E-state index is -0.262. The highest BCUT2D eigenvalue weighted by Crippen LogP contribution is 2.44. The van der Waals surface area contributed by atoms with Gasteiger partial charge in [-0.05, 0) is 12.8 Å². The molecule has 3 nitrogen and oxygen atoms in total. The predicted octanol–water partition coefficient (Wildman–Crippen LogP) is 6.11. The van der Waals surface area contributed by atoms with Crippen molar-refractivity contribution in [2.45, 2.75) is 58.3 Å². The number of rotatable bonds is 9. The fourth-order valence-corrected chi connectivity index (χ4v) is 2.99. The van der Waals surface area contributed by atoms with Gasteiger partial charge in [0.05, 0.1) is 5.56 Å². The molecule has 0 radical (unpaired) electrons. The topological polar surface area (TPSA) is 60.7 Å². The molecule has 0 fully saturated rings. The van der Waals surface area contributed by atoms with Crippen LogP contribution in [0.4, 0.5) is 0 Å². The molecule has 0 aliphatic rings. The van der Waals surface area contributed by atoms with Gasteiger partial charge in [0.25, 0.3) is 0 Å². The van der Waals surface area contributed by atoms with Crippen LogP contribution in [-0.4, -0.2) is 15.3 Å². The maximum atomic E-state index is 10.4. The van der Waals surface area contributed by atoms with Crippen LogP contribution in [0.15, 0.2) is 30.3 Å². The molecule has 3 N–H and O–H groups in total. The molecule has 0 saturated carbocycles. The van der Waals surface area contributed by atoms with Crippen LogP contribution < -0.4 is 0 Å². The lowest BCUT2D eigenvalue weighted by atomic mass is 10.0. The molecule has 0 unspecified atom stereocenters. The first kappa shape index (κ1) is 18.2. The van der Waals surface area contributed by atoms with E-state index < -0.39 is 0 Å². The number of allylic oxidation sites excluding steroid dienone is 1. The van der Waals surface area contributed by atoms with Gasteiger partial charge in [0.15, 0.2) is 11.5 Å². The van der Waals surface area contributed by atoms with Crippen molar-refractivity contribution in [3.63, 3.8) is 0 Å². The standard InChI is InChI=1S/C21H28O3/c1-2-3-4-5-6-7-8-9-10-15-18-19(22)16-13-11-12-14-17(16)20(23)21(18)24/h10-15,22-24H,2-9H2,1H3. The number of hydrogen-bond donors (Lipinski definition) is 3. The number of benzene rings is 2. The van der Waals surface area contributed by atoms with E-state index in [-0.39, 0.29) is 22.8 Å². The molecule has 0 bridgehead atoms. The minimum Gasteiger partial charge on any atom is -0.507 e. The van der Waals surface area contributed by atoms with E-state index in [1.165, 1.54) is 38.5 Å². The van der Waals surface area contributed by atoms with Crippen LogP contribution in [0, 0.1) is 0 Å². The van der Waals surface area contributed by atoms with E-state index >= 15 is 0 Å². The second-order valence-corrected chi connectivity index (χ2v) is 6.32. The van der Waals surface area contributed by atoms with Crippen molar-refractivity contribution in [1.82, 2.24) is 0 Å². The van der Waals surface area contributed by atoms with Crippen molar-refractivity contribution < 1.29 is 15.3 Å². The normalized spacial score (nSPS) is 11.5. The average Bonchev–Trinajstić information content (AvgIpc) is 2.61. The zero-order valence-electron chi connectivity index (χ0n) is 14.5. The van der Waals surface area contributed by atoms with Gasteiger partial charge in [-0.15, -0.1) is 0 Å². The highest BCUT2D eigenvalue weighted by atomic mass is 16.3. The summed E-state index contributed by atoms with van der Waals surface area (Å²) in [6, 6.07) is 6.97. The summed E-state index contributed by atoms with van der Waals surface area (Å²) in [5, 5.41) is 31.6. The van der Waals surface area contributed by atoms with Crippen molar-refractivity contribution in [1.29, 1.82) is 0 Å². The van der Waals surface area contributed by atoms with Crippen molar-refractivity contribution in [3.8, 4) is 17.2 Å². The first-order valence-corrected chi connectivity index (χ1v) is 8.99. The fraction of sp³-hybridized carbons (Fsp3) is 0.429. The molecule has 2 aromatic rings. The summed E-state index contributed by atoms with van der Waals surface area (Å²) in [6.45, 7) is 2.22. The van der Waals surface area contributed by atoms with E-state index in [9.17, 15) is 15.3 Å². The highest BCUT2D eigenvalue weighted by molar-refractivity contribution is 5.98. The van der Waals surface area contributed by atoms with Crippen molar-refractivity contribution >= 4 is 16.8 Å². The van der Waals surface area contributed by atoms with Crippen LogP contribution in [0.5, 0.6) is 17.2 Å². The van der Waals surface area contributed by atoms with Crippen molar-refractivity contribution in [2.75, 3.05) is 0 Å². The molecule has 0 aliphatic heterocycles. The molecule has 3 heteroatoms. The monoisotopic (exact) mass is 328 g/mol. The molecule has 0 aromatic heterocycles. The third-order valence-corrected chi connectivity index (χ3v) is 4.43. The molecule has 0 heterocycles. The number of hydrogen-bond acceptors (Lipinski definition) is 3. The van der Waals surface area contributed by atoms with Crippen LogP contribution in [0.2, 0.25) is 0 Å². The summed E-state index contributed by atoms with van der Waals surface area (Å²) in [4.78, 5) is 0. The first-order valence-electron chi connectivity index (χ1n) is 8.99. The largest absolute Gasteiger partial charge is 0.507 e. The van der Waals surface area contributed by atoms with Gasteiger partial charge >= 0.3 is 0 Å². The molecule has 0 saturated heterocycles. The number of unbranched alkanes of at least 4 members (excludes halogenated alkanes) is 7. The molecule has 24 heavy (non-hydrogen) atoms. The van der Waals surface area contributed by atoms with Crippen LogP contribution in [0.25, 0.3) is 16.8 Å². The van der Waals surface area contributed by atoms with Gasteiger partial charge in [0.1, 0.15) is 5.75 Å². The average molecular weight is 328 g/mol. The Labute approximate surface area is 144 Å². The highest BCUT2D eigenvalue weighted by Gasteiger charge is 2.15. The van der Waals surface area contributed by atoms with Crippen LogP contribution in [0.1, 0.15) is 63.9 Å². The predicted molar refractivity (Wildman–Crippen MR) is 101 cm³/mol. The lowest BCUT2D eigenvalue weighted by molar-refractivity contribution is 0.401. The Balaban J connectivity index is 1.95. The van der Waals surface area contributed by atoms with Gasteiger partial charge in [-0.1, -0.05) is 81.9 Å². The maximum absolute atomic E-state index is 10.4.